The maximum atomic E-state index is 6.38. The van der Waals surface area contributed by atoms with Gasteiger partial charge in [-0.05, 0) is 56.2 Å². The molecule has 0 saturated carbocycles. The van der Waals surface area contributed by atoms with Crippen LogP contribution in [-0.2, 0) is 0 Å². The van der Waals surface area contributed by atoms with Gasteiger partial charge in [0.25, 0.3) is 0 Å². The second-order valence-corrected chi connectivity index (χ2v) is 12.3. The van der Waals surface area contributed by atoms with Crippen molar-refractivity contribution in [2.75, 3.05) is 0 Å². The normalized spacial score (nSPS) is 11.7. The lowest BCUT2D eigenvalue weighted by Gasteiger charge is -2.24. The third kappa shape index (κ3) is 10.2. The fraction of sp³-hybridized carbons (Fsp3) is 0.727. The molecular formula is C22H40OSi. The first-order valence-corrected chi connectivity index (χ1v) is 13.3. The summed E-state index contributed by atoms with van der Waals surface area (Å²) in [5.74, 6) is 1.08. The van der Waals surface area contributed by atoms with Gasteiger partial charge in [0.15, 0.2) is 0 Å². The number of rotatable bonds is 13. The molecule has 0 saturated heterocycles. The van der Waals surface area contributed by atoms with Gasteiger partial charge in [0.2, 0.25) is 8.32 Å². The SMILES string of the molecule is CCCCCCCCCCCC[Si](C)(C)Oc1cc(C)cc(C)c1. The highest BCUT2D eigenvalue weighted by Crippen LogP contribution is 2.24. The molecule has 0 bridgehead atoms. The van der Waals surface area contributed by atoms with Gasteiger partial charge in [-0.25, -0.2) is 0 Å². The Hall–Kier alpha value is -0.763. The van der Waals surface area contributed by atoms with Crippen LogP contribution in [0, 0.1) is 13.8 Å². The smallest absolute Gasteiger partial charge is 0.245 e. The van der Waals surface area contributed by atoms with Gasteiger partial charge in [-0.1, -0.05) is 77.2 Å². The van der Waals surface area contributed by atoms with Gasteiger partial charge in [0.1, 0.15) is 5.75 Å². The second-order valence-electron chi connectivity index (χ2n) is 8.12. The quantitative estimate of drug-likeness (QED) is 0.261. The van der Waals surface area contributed by atoms with E-state index in [0.717, 1.165) is 5.75 Å². The molecule has 0 atom stereocenters. The van der Waals surface area contributed by atoms with E-state index in [9.17, 15) is 0 Å². The molecule has 0 unspecified atom stereocenters. The van der Waals surface area contributed by atoms with E-state index in [-0.39, 0.29) is 0 Å². The Kier molecular flexibility index (Phi) is 10.4. The van der Waals surface area contributed by atoms with E-state index >= 15 is 0 Å². The number of hydrogen-bond donors (Lipinski definition) is 0. The molecule has 0 spiro atoms. The van der Waals surface area contributed by atoms with Crippen LogP contribution in [0.1, 0.15) is 82.3 Å². The molecule has 0 heterocycles. The van der Waals surface area contributed by atoms with Crippen LogP contribution in [0.5, 0.6) is 5.75 Å². The highest BCUT2D eigenvalue weighted by atomic mass is 28.4. The Bertz CT molecular complexity index is 433. The van der Waals surface area contributed by atoms with Gasteiger partial charge < -0.3 is 4.43 Å². The summed E-state index contributed by atoms with van der Waals surface area (Å²) in [6.45, 7) is 11.3. The predicted molar refractivity (Wildman–Crippen MR) is 111 cm³/mol. The third-order valence-corrected chi connectivity index (χ3v) is 7.07. The highest BCUT2D eigenvalue weighted by molar-refractivity contribution is 6.71. The van der Waals surface area contributed by atoms with E-state index in [0.29, 0.717) is 0 Å². The number of unbranched alkanes of at least 4 members (excludes halogenated alkanes) is 9. The molecule has 0 amide bonds. The Balaban J connectivity index is 2.12. The minimum atomic E-state index is -1.58. The largest absolute Gasteiger partial charge is 0.544 e. The lowest BCUT2D eigenvalue weighted by Crippen LogP contribution is -2.33. The summed E-state index contributed by atoms with van der Waals surface area (Å²) in [6.07, 6.45) is 14.1. The lowest BCUT2D eigenvalue weighted by molar-refractivity contribution is 0.530. The summed E-state index contributed by atoms with van der Waals surface area (Å²) in [5, 5.41) is 0. The van der Waals surface area contributed by atoms with Crippen LogP contribution in [0.15, 0.2) is 18.2 Å². The molecule has 2 heteroatoms. The molecule has 1 aromatic carbocycles. The van der Waals surface area contributed by atoms with Crippen LogP contribution in [0.2, 0.25) is 19.1 Å². The molecule has 1 rings (SSSR count). The maximum Gasteiger partial charge on any atom is 0.245 e. The molecular weight excluding hydrogens is 308 g/mol. The van der Waals surface area contributed by atoms with Gasteiger partial charge in [0, 0.05) is 0 Å². The summed E-state index contributed by atoms with van der Waals surface area (Å²) < 4.78 is 6.38. The standard InChI is InChI=1S/C22H40OSi/c1-6-7-8-9-10-11-12-13-14-15-16-24(4,5)23-22-18-20(2)17-21(3)19-22/h17-19H,6-16H2,1-5H3. The van der Waals surface area contributed by atoms with Gasteiger partial charge in [-0.3, -0.25) is 0 Å². The molecule has 0 radical (unpaired) electrons. The zero-order valence-corrected chi connectivity index (χ0v) is 17.9. The minimum Gasteiger partial charge on any atom is -0.544 e. The summed E-state index contributed by atoms with van der Waals surface area (Å²) in [7, 11) is -1.58. The van der Waals surface area contributed by atoms with Gasteiger partial charge >= 0.3 is 0 Å². The summed E-state index contributed by atoms with van der Waals surface area (Å²) in [5.41, 5.74) is 2.60. The molecule has 0 fully saturated rings. The zero-order valence-electron chi connectivity index (χ0n) is 16.9. The first kappa shape index (κ1) is 21.3. The number of benzene rings is 1. The molecule has 0 aliphatic carbocycles. The van der Waals surface area contributed by atoms with Gasteiger partial charge in [-0.15, -0.1) is 0 Å². The van der Waals surface area contributed by atoms with Crippen molar-refractivity contribution in [1.82, 2.24) is 0 Å². The average Bonchev–Trinajstić information content (AvgIpc) is 2.47. The first-order chi connectivity index (χ1) is 11.4. The molecule has 0 aliphatic heterocycles. The van der Waals surface area contributed by atoms with Crippen molar-refractivity contribution in [2.45, 2.75) is 104 Å². The Morgan fingerprint density at radius 3 is 1.67 bits per heavy atom. The minimum absolute atomic E-state index is 1.08. The highest BCUT2D eigenvalue weighted by Gasteiger charge is 2.23. The van der Waals surface area contributed by atoms with E-state index < -0.39 is 8.32 Å². The van der Waals surface area contributed by atoms with E-state index in [2.05, 4.69) is 52.1 Å². The van der Waals surface area contributed by atoms with E-state index in [4.69, 9.17) is 4.43 Å². The Morgan fingerprint density at radius 2 is 1.17 bits per heavy atom. The van der Waals surface area contributed by atoms with Crippen LogP contribution in [0.3, 0.4) is 0 Å². The molecule has 1 nitrogen and oxygen atoms in total. The van der Waals surface area contributed by atoms with Crippen LogP contribution in [-0.4, -0.2) is 8.32 Å². The molecule has 0 aliphatic rings. The van der Waals surface area contributed by atoms with Gasteiger partial charge in [-0.2, -0.15) is 0 Å². The van der Waals surface area contributed by atoms with Crippen LogP contribution in [0.25, 0.3) is 0 Å². The predicted octanol–water partition coefficient (Wildman–Crippen LogP) is 7.81. The van der Waals surface area contributed by atoms with E-state index in [1.54, 1.807) is 0 Å². The summed E-state index contributed by atoms with van der Waals surface area (Å²) in [4.78, 5) is 0. The van der Waals surface area contributed by atoms with Crippen molar-refractivity contribution < 1.29 is 4.43 Å². The van der Waals surface area contributed by atoms with Crippen LogP contribution >= 0.6 is 0 Å². The van der Waals surface area contributed by atoms with Crippen molar-refractivity contribution in [3.8, 4) is 5.75 Å². The fourth-order valence-electron chi connectivity index (χ4n) is 3.40. The summed E-state index contributed by atoms with van der Waals surface area (Å²) >= 11 is 0. The topological polar surface area (TPSA) is 9.23 Å². The monoisotopic (exact) mass is 348 g/mol. The molecule has 138 valence electrons. The number of aryl methyl sites for hydroxylation is 2. The van der Waals surface area contributed by atoms with Crippen molar-refractivity contribution >= 4 is 8.32 Å². The maximum absolute atomic E-state index is 6.38. The zero-order chi connectivity index (χ0) is 17.8. The van der Waals surface area contributed by atoms with Crippen molar-refractivity contribution in [3.05, 3.63) is 29.3 Å². The van der Waals surface area contributed by atoms with Crippen molar-refractivity contribution in [3.63, 3.8) is 0 Å². The first-order valence-electron chi connectivity index (χ1n) is 10.2. The van der Waals surface area contributed by atoms with E-state index in [1.807, 2.05) is 0 Å². The molecule has 24 heavy (non-hydrogen) atoms. The van der Waals surface area contributed by atoms with E-state index in [1.165, 1.54) is 81.4 Å². The average molecular weight is 349 g/mol. The van der Waals surface area contributed by atoms with Crippen LogP contribution < -0.4 is 4.43 Å². The third-order valence-electron chi connectivity index (χ3n) is 4.72. The Morgan fingerprint density at radius 1 is 0.708 bits per heavy atom. The van der Waals surface area contributed by atoms with Gasteiger partial charge in [0.05, 0.1) is 0 Å². The number of hydrogen-bond acceptors (Lipinski definition) is 1. The molecule has 0 N–H and O–H groups in total. The molecule has 0 aromatic heterocycles. The molecule has 1 aromatic rings. The van der Waals surface area contributed by atoms with Crippen molar-refractivity contribution in [2.24, 2.45) is 0 Å². The summed E-state index contributed by atoms with van der Waals surface area (Å²) in [6, 6.07) is 7.85. The second kappa shape index (κ2) is 11.7. The Labute approximate surface area is 152 Å². The fourth-order valence-corrected chi connectivity index (χ4v) is 5.36. The van der Waals surface area contributed by atoms with Crippen molar-refractivity contribution in [1.29, 1.82) is 0 Å². The van der Waals surface area contributed by atoms with Crippen LogP contribution in [0.4, 0.5) is 0 Å². The lowest BCUT2D eigenvalue weighted by atomic mass is 10.1.